The fraction of sp³-hybridized carbons (Fsp3) is 0.126. The minimum Gasteiger partial charge on any atom is -0.456 e. The molecule has 7 heteroatoms. The quantitative estimate of drug-likeness (QED) is 0.141. The molecule has 94 heavy (non-hydrogen) atoms. The van der Waals surface area contributed by atoms with Gasteiger partial charge in [0.1, 0.15) is 34.0 Å². The third-order valence-corrected chi connectivity index (χ3v) is 20.3. The molecule has 6 nitrogen and oxygen atoms in total. The number of fused-ring (bicyclic) bond motifs is 11. The summed E-state index contributed by atoms with van der Waals surface area (Å²) < 4.78 is 19.8. The smallest absolute Gasteiger partial charge is 0.252 e. The first-order valence-corrected chi connectivity index (χ1v) is 32.9. The lowest BCUT2D eigenvalue weighted by Gasteiger charge is -2.45. The lowest BCUT2D eigenvalue weighted by atomic mass is 9.33. The summed E-state index contributed by atoms with van der Waals surface area (Å²) in [7, 11) is 0. The van der Waals surface area contributed by atoms with E-state index in [0.717, 1.165) is 129 Å². The molecule has 0 bridgehead atoms. The van der Waals surface area contributed by atoms with Crippen LogP contribution in [0.1, 0.15) is 77.6 Å². The molecule has 12 aromatic carbocycles. The number of furan rings is 3. The van der Waals surface area contributed by atoms with Gasteiger partial charge in [-0.1, -0.05) is 189 Å². The zero-order valence-corrected chi connectivity index (χ0v) is 54.0. The fourth-order valence-electron chi connectivity index (χ4n) is 15.4. The van der Waals surface area contributed by atoms with Crippen LogP contribution in [-0.2, 0) is 16.2 Å². The van der Waals surface area contributed by atoms with E-state index >= 15 is 0 Å². The molecule has 3 aliphatic rings. The Hall–Kier alpha value is -11.0. The molecule has 0 saturated carbocycles. The van der Waals surface area contributed by atoms with Crippen LogP contribution in [0.3, 0.4) is 0 Å². The van der Waals surface area contributed by atoms with Gasteiger partial charge in [-0.3, -0.25) is 0 Å². The van der Waals surface area contributed by atoms with Crippen molar-refractivity contribution < 1.29 is 13.3 Å². The minimum absolute atomic E-state index is 0.0486. The highest BCUT2D eigenvalue weighted by atomic mass is 16.3. The molecule has 0 unspecified atom stereocenters. The third-order valence-electron chi connectivity index (χ3n) is 20.3. The molecule has 3 aromatic heterocycles. The fourth-order valence-corrected chi connectivity index (χ4v) is 15.4. The summed E-state index contributed by atoms with van der Waals surface area (Å²) in [6.45, 7) is 18.4. The molecule has 0 N–H and O–H groups in total. The zero-order valence-electron chi connectivity index (χ0n) is 54.0. The minimum atomic E-state index is -0.249. The van der Waals surface area contributed by atoms with Crippen molar-refractivity contribution in [3.63, 3.8) is 0 Å². The maximum absolute atomic E-state index is 6.76. The molecule has 1 aliphatic carbocycles. The summed E-state index contributed by atoms with van der Waals surface area (Å²) in [4.78, 5) is 7.60. The van der Waals surface area contributed by atoms with Crippen LogP contribution < -0.4 is 31.1 Å². The van der Waals surface area contributed by atoms with E-state index in [-0.39, 0.29) is 23.0 Å². The molecule has 0 atom stereocenters. The normalized spacial score (nSPS) is 13.8. The molecule has 0 spiro atoms. The topological polar surface area (TPSA) is 49.1 Å². The summed E-state index contributed by atoms with van der Waals surface area (Å²) in [6, 6.07) is 98.7. The Morgan fingerprint density at radius 3 is 1.40 bits per heavy atom. The molecule has 5 heterocycles. The Balaban J connectivity index is 0.915. The largest absolute Gasteiger partial charge is 0.456 e. The van der Waals surface area contributed by atoms with Crippen LogP contribution in [0.5, 0.6) is 0 Å². The van der Waals surface area contributed by atoms with E-state index in [0.29, 0.717) is 0 Å². The molecule has 15 aromatic rings. The van der Waals surface area contributed by atoms with Crippen LogP contribution in [0.15, 0.2) is 280 Å². The molecule has 0 fully saturated rings. The first-order chi connectivity index (χ1) is 45.6. The van der Waals surface area contributed by atoms with Crippen molar-refractivity contribution in [3.8, 4) is 45.1 Å². The van der Waals surface area contributed by atoms with E-state index < -0.39 is 0 Å². The second-order valence-electron chi connectivity index (χ2n) is 28.6. The van der Waals surface area contributed by atoms with Gasteiger partial charge in [-0.05, 0) is 205 Å². The molecule has 2 aliphatic heterocycles. The van der Waals surface area contributed by atoms with Crippen LogP contribution in [0.4, 0.5) is 51.2 Å². The summed E-state index contributed by atoms with van der Waals surface area (Å²) in [5.74, 6) is 2.52. The monoisotopic (exact) mass is 1210 g/mol. The van der Waals surface area contributed by atoms with Gasteiger partial charge in [0.05, 0.1) is 5.69 Å². The molecule has 0 saturated heterocycles. The Morgan fingerprint density at radius 1 is 0.340 bits per heavy atom. The highest BCUT2D eigenvalue weighted by Gasteiger charge is 2.45. The summed E-state index contributed by atoms with van der Waals surface area (Å²) in [6.07, 6.45) is 0. The standard InChI is InChI=1S/C87H68BN3O3/c1-85(2,3)61-31-37-64(38-32-61)91-75-42-33-62(86(4,5)6)49-73(75)88-72-45-60(83-48-58-19-11-16-24-80(58)94-83)30-41-74(72)90(63-34-27-53(28-35-63)81-46-56-17-9-14-22-78(56)92-81)76-51-67(52-77(91)84(76)88)89(66-39-40-69-68-20-12-13-21-70(68)87(7,8)71(69)50-66)65-36-29-54-43-59(26-25-55(54)44-65)82-47-57-18-10-15-23-79(57)93-82/h9-52H,1-8H3. The molecule has 18 rings (SSSR count). The van der Waals surface area contributed by atoms with E-state index in [1.165, 1.54) is 49.8 Å². The first-order valence-electron chi connectivity index (χ1n) is 32.9. The lowest BCUT2D eigenvalue weighted by Crippen LogP contribution is -2.61. The number of benzene rings is 12. The van der Waals surface area contributed by atoms with Gasteiger partial charge in [0.15, 0.2) is 0 Å². The lowest BCUT2D eigenvalue weighted by molar-refractivity contribution is 0.590. The van der Waals surface area contributed by atoms with Gasteiger partial charge in [0, 0.05) is 83.8 Å². The SMILES string of the molecule is CC(C)(C)c1ccc(N2c3ccc(C(C)(C)C)cc3B3c4cc(-c5cc6ccccc6o5)ccc4N(c4ccc(-c5cc6ccccc6o5)cc4)c4cc(N(c5ccc6c(c5)C(C)(C)c5ccccc5-6)c5ccc6cc(-c7cc8ccccc8o7)ccc6c5)cc2c43)cc1. The van der Waals surface area contributed by atoms with Gasteiger partial charge in [0.2, 0.25) is 0 Å². The highest BCUT2D eigenvalue weighted by Crippen LogP contribution is 2.54. The number of hydrogen-bond donors (Lipinski definition) is 0. The van der Waals surface area contributed by atoms with Crippen LogP contribution in [0, 0.1) is 0 Å². The summed E-state index contributed by atoms with van der Waals surface area (Å²) >= 11 is 0. The third kappa shape index (κ3) is 8.85. The Labute approximate surface area is 548 Å². The van der Waals surface area contributed by atoms with Crippen molar-refractivity contribution >= 4 is 118 Å². The Kier molecular flexibility index (Phi) is 12.2. The summed E-state index contributed by atoms with van der Waals surface area (Å²) in [5, 5.41) is 5.50. The predicted molar refractivity (Wildman–Crippen MR) is 393 cm³/mol. The highest BCUT2D eigenvalue weighted by molar-refractivity contribution is 7.00. The molecule has 0 amide bonds. The maximum atomic E-state index is 6.76. The number of nitrogens with zero attached hydrogens (tertiary/aromatic N) is 3. The van der Waals surface area contributed by atoms with E-state index in [1.807, 2.05) is 30.3 Å². The average molecular weight is 1210 g/mol. The number of hydrogen-bond acceptors (Lipinski definition) is 6. The maximum Gasteiger partial charge on any atom is 0.252 e. The first kappa shape index (κ1) is 55.8. The molecule has 0 radical (unpaired) electrons. The number of para-hydroxylation sites is 3. The van der Waals surface area contributed by atoms with Crippen molar-refractivity contribution in [1.82, 2.24) is 0 Å². The van der Waals surface area contributed by atoms with E-state index in [2.05, 4.69) is 307 Å². The zero-order chi connectivity index (χ0) is 63.5. The summed E-state index contributed by atoms with van der Waals surface area (Å²) in [5.41, 5.74) is 26.4. The van der Waals surface area contributed by atoms with E-state index in [1.54, 1.807) is 0 Å². The molecular formula is C87H68BN3O3. The predicted octanol–water partition coefficient (Wildman–Crippen LogP) is 22.5. The van der Waals surface area contributed by atoms with Gasteiger partial charge in [-0.15, -0.1) is 0 Å². The van der Waals surface area contributed by atoms with Gasteiger partial charge in [-0.25, -0.2) is 0 Å². The van der Waals surface area contributed by atoms with E-state index in [4.69, 9.17) is 13.3 Å². The number of rotatable bonds is 8. The van der Waals surface area contributed by atoms with Crippen molar-refractivity contribution in [2.45, 2.75) is 71.6 Å². The second-order valence-corrected chi connectivity index (χ2v) is 28.6. The van der Waals surface area contributed by atoms with Crippen molar-refractivity contribution in [2.75, 3.05) is 14.7 Å². The molecular weight excluding hydrogens is 1150 g/mol. The van der Waals surface area contributed by atoms with Crippen molar-refractivity contribution in [1.29, 1.82) is 0 Å². The second kappa shape index (κ2) is 20.5. The van der Waals surface area contributed by atoms with Gasteiger partial charge < -0.3 is 28.0 Å². The van der Waals surface area contributed by atoms with Crippen LogP contribution in [0.2, 0.25) is 0 Å². The molecule has 452 valence electrons. The van der Waals surface area contributed by atoms with Crippen molar-refractivity contribution in [3.05, 3.63) is 289 Å². The van der Waals surface area contributed by atoms with E-state index in [9.17, 15) is 0 Å². The van der Waals surface area contributed by atoms with Gasteiger partial charge >= 0.3 is 0 Å². The van der Waals surface area contributed by atoms with Gasteiger partial charge in [0.25, 0.3) is 6.71 Å². The van der Waals surface area contributed by atoms with Crippen LogP contribution in [0.25, 0.3) is 88.8 Å². The Bertz CT molecular complexity index is 5500. The van der Waals surface area contributed by atoms with Crippen LogP contribution >= 0.6 is 0 Å². The van der Waals surface area contributed by atoms with Crippen LogP contribution in [-0.4, -0.2) is 6.71 Å². The average Bonchev–Trinajstić information content (AvgIpc) is 0.926. The van der Waals surface area contributed by atoms with Crippen molar-refractivity contribution in [2.24, 2.45) is 0 Å². The Morgan fingerprint density at radius 2 is 0.798 bits per heavy atom. The number of anilines is 9. The van der Waals surface area contributed by atoms with Gasteiger partial charge in [-0.2, -0.15) is 0 Å².